The highest BCUT2D eigenvalue weighted by Crippen LogP contribution is 2.77. The van der Waals surface area contributed by atoms with Crippen LogP contribution in [0.3, 0.4) is 0 Å². The van der Waals surface area contributed by atoms with E-state index in [0.717, 1.165) is 0 Å². The summed E-state index contributed by atoms with van der Waals surface area (Å²) in [5.74, 6) is 0. The number of hydrogen-bond acceptors (Lipinski definition) is 3. The Morgan fingerprint density at radius 1 is 0.405 bits per heavy atom. The van der Waals surface area contributed by atoms with E-state index < -0.39 is 23.7 Å². The molecular formula is C36H30N3P3. The van der Waals surface area contributed by atoms with Gasteiger partial charge in [-0.15, -0.1) is 0 Å². The van der Waals surface area contributed by atoms with E-state index in [0.29, 0.717) is 0 Å². The molecule has 0 amide bonds. The molecule has 0 aliphatic carbocycles. The Kier molecular flexibility index (Phi) is 7.74. The second-order valence-corrected chi connectivity index (χ2v) is 17.2. The highest BCUT2D eigenvalue weighted by atomic mass is 31.3. The maximum absolute atomic E-state index is 6.16. The van der Waals surface area contributed by atoms with Gasteiger partial charge in [-0.25, -0.2) is 4.52 Å². The van der Waals surface area contributed by atoms with E-state index in [1.807, 2.05) is 0 Å². The Morgan fingerprint density at radius 2 is 0.786 bits per heavy atom. The quantitative estimate of drug-likeness (QED) is 0.179. The minimum Gasteiger partial charge on any atom is -0.288 e. The highest BCUT2D eigenvalue weighted by Gasteiger charge is 2.48. The van der Waals surface area contributed by atoms with Gasteiger partial charge in [-0.05, 0) is 24.3 Å². The van der Waals surface area contributed by atoms with Crippen molar-refractivity contribution >= 4 is 56.2 Å². The highest BCUT2D eigenvalue weighted by molar-refractivity contribution is 8.02. The molecule has 1 heterocycles. The maximum Gasteiger partial charge on any atom is 0.155 e. The van der Waals surface area contributed by atoms with Gasteiger partial charge in [0, 0.05) is 32.6 Å². The molecule has 7 rings (SSSR count). The largest absolute Gasteiger partial charge is 0.288 e. The van der Waals surface area contributed by atoms with Crippen LogP contribution in [0, 0.1) is 0 Å². The van der Waals surface area contributed by atoms with E-state index in [1.54, 1.807) is 0 Å². The Morgan fingerprint density at radius 3 is 1.26 bits per heavy atom. The van der Waals surface area contributed by atoms with Crippen molar-refractivity contribution in [1.82, 2.24) is 0 Å². The molecule has 1 aliphatic rings. The number of hydrogen-bond donors (Lipinski definition) is 0. The predicted octanol–water partition coefficient (Wildman–Crippen LogP) is 9.06. The van der Waals surface area contributed by atoms with E-state index in [1.165, 1.54) is 32.6 Å². The van der Waals surface area contributed by atoms with Crippen LogP contribution in [0.2, 0.25) is 0 Å². The van der Waals surface area contributed by atoms with E-state index in [-0.39, 0.29) is 0 Å². The average molecular weight is 598 g/mol. The Balaban J connectivity index is 1.67. The zero-order valence-electron chi connectivity index (χ0n) is 23.0. The third kappa shape index (κ3) is 4.89. The van der Waals surface area contributed by atoms with Gasteiger partial charge in [0.25, 0.3) is 0 Å². The van der Waals surface area contributed by atoms with Crippen LogP contribution in [0.4, 0.5) is 11.4 Å². The molecule has 2 atom stereocenters. The summed E-state index contributed by atoms with van der Waals surface area (Å²) >= 11 is 0. The lowest BCUT2D eigenvalue weighted by Gasteiger charge is -2.53. The first-order valence-electron chi connectivity index (χ1n) is 14.0. The number of para-hydroxylation sites is 2. The summed E-state index contributed by atoms with van der Waals surface area (Å²) in [6, 6.07) is 65.8. The molecule has 0 fully saturated rings. The summed E-state index contributed by atoms with van der Waals surface area (Å²) < 4.78 is 11.5. The second-order valence-electron chi connectivity index (χ2n) is 9.86. The monoisotopic (exact) mass is 597 g/mol. The first-order valence-corrected chi connectivity index (χ1v) is 18.2. The van der Waals surface area contributed by atoms with Crippen LogP contribution >= 0.6 is 23.7 Å². The molecule has 6 aromatic carbocycles. The third-order valence-corrected chi connectivity index (χ3v) is 17.3. The van der Waals surface area contributed by atoms with Crippen molar-refractivity contribution in [3.05, 3.63) is 182 Å². The van der Waals surface area contributed by atoms with Gasteiger partial charge in [-0.3, -0.25) is 8.88 Å². The summed E-state index contributed by atoms with van der Waals surface area (Å²) in [6.45, 7) is 0. The molecule has 0 saturated carbocycles. The molecule has 0 N–H and O–H groups in total. The van der Waals surface area contributed by atoms with Gasteiger partial charge in [-0.2, -0.15) is 0 Å². The molecule has 3 nitrogen and oxygen atoms in total. The van der Waals surface area contributed by atoms with Gasteiger partial charge in [0.2, 0.25) is 0 Å². The van der Waals surface area contributed by atoms with E-state index in [4.69, 9.17) is 4.52 Å². The van der Waals surface area contributed by atoms with Crippen LogP contribution in [-0.4, -0.2) is 0 Å². The molecular weight excluding hydrogens is 567 g/mol. The number of nitrogens with zero attached hydrogens (tertiary/aromatic N) is 3. The molecule has 0 radical (unpaired) electrons. The van der Waals surface area contributed by atoms with Gasteiger partial charge < -0.3 is 0 Å². The van der Waals surface area contributed by atoms with Crippen LogP contribution in [0.15, 0.2) is 187 Å². The van der Waals surface area contributed by atoms with E-state index in [2.05, 4.69) is 191 Å². The van der Waals surface area contributed by atoms with Crippen molar-refractivity contribution in [2.24, 2.45) is 4.52 Å². The topological polar surface area (TPSA) is 18.8 Å². The Bertz CT molecular complexity index is 1740. The molecule has 0 bridgehead atoms. The second kappa shape index (κ2) is 12.1. The van der Waals surface area contributed by atoms with Gasteiger partial charge in [-0.1, -0.05) is 158 Å². The maximum atomic E-state index is 6.16. The Hall–Kier alpha value is -3.99. The minimum absolute atomic E-state index is 1.09. The van der Waals surface area contributed by atoms with Gasteiger partial charge in [0.1, 0.15) is 15.4 Å². The van der Waals surface area contributed by atoms with Crippen LogP contribution in [-0.2, 0) is 0 Å². The van der Waals surface area contributed by atoms with Crippen molar-refractivity contribution in [3.63, 3.8) is 0 Å². The predicted molar refractivity (Wildman–Crippen MR) is 185 cm³/mol. The lowest BCUT2D eigenvalue weighted by Crippen LogP contribution is -2.40. The standard InChI is InChI=1S/C36H30N3P3/c1-7-19-31(20-8-1)38-40(33-23-11-3-12-24-33)37-42(35-27-15-5-16-28-35,36-29-17-6-18-30-36)39(32-21-9-2-10-22-32)41(38)34-25-13-4-14-26-34/h1-30H. The summed E-state index contributed by atoms with van der Waals surface area (Å²) in [7, 11) is -4.77. The van der Waals surface area contributed by atoms with Crippen LogP contribution in [0.1, 0.15) is 0 Å². The molecule has 0 saturated heterocycles. The molecule has 1 aliphatic heterocycles. The molecule has 0 aromatic heterocycles. The summed E-state index contributed by atoms with van der Waals surface area (Å²) in [4.78, 5) is 0. The lowest BCUT2D eigenvalue weighted by atomic mass is 10.3. The van der Waals surface area contributed by atoms with Crippen molar-refractivity contribution in [2.75, 3.05) is 8.88 Å². The summed E-state index contributed by atoms with van der Waals surface area (Å²) in [5.41, 5.74) is 2.37. The normalized spacial score (nSPS) is 17.8. The van der Waals surface area contributed by atoms with E-state index in [9.17, 15) is 0 Å². The molecule has 204 valence electrons. The van der Waals surface area contributed by atoms with Crippen molar-refractivity contribution < 1.29 is 0 Å². The molecule has 0 spiro atoms. The fraction of sp³-hybridized carbons (Fsp3) is 0. The van der Waals surface area contributed by atoms with Crippen molar-refractivity contribution in [2.45, 2.75) is 0 Å². The van der Waals surface area contributed by atoms with E-state index >= 15 is 0 Å². The smallest absolute Gasteiger partial charge is 0.155 e. The summed E-state index contributed by atoms with van der Waals surface area (Å²) in [5, 5.41) is 5.08. The van der Waals surface area contributed by atoms with Crippen LogP contribution in [0.25, 0.3) is 0 Å². The van der Waals surface area contributed by atoms with Crippen molar-refractivity contribution in [3.8, 4) is 0 Å². The SMILES string of the molecule is c1ccc(N2P(c3ccccc3)N=P(c3ccccc3)(c3ccccc3)N(c3ccccc3)P2c2ccccc2)cc1. The minimum atomic E-state index is -2.55. The first-order chi connectivity index (χ1) is 20.9. The van der Waals surface area contributed by atoms with Crippen molar-refractivity contribution in [1.29, 1.82) is 0 Å². The fourth-order valence-corrected chi connectivity index (χ4v) is 17.8. The Labute approximate surface area is 251 Å². The van der Waals surface area contributed by atoms with Gasteiger partial charge in [0.05, 0.1) is 0 Å². The number of benzene rings is 6. The van der Waals surface area contributed by atoms with Gasteiger partial charge in [0.15, 0.2) is 8.22 Å². The summed E-state index contributed by atoms with van der Waals surface area (Å²) in [6.07, 6.45) is 0. The zero-order valence-corrected chi connectivity index (χ0v) is 25.7. The van der Waals surface area contributed by atoms with Crippen LogP contribution < -0.4 is 30.1 Å². The zero-order chi connectivity index (χ0) is 28.2. The third-order valence-electron chi connectivity index (χ3n) is 7.21. The van der Waals surface area contributed by atoms with Gasteiger partial charge >= 0.3 is 0 Å². The number of rotatable bonds is 6. The number of anilines is 2. The molecule has 6 aromatic rings. The molecule has 42 heavy (non-hydrogen) atoms. The average Bonchev–Trinajstić information content (AvgIpc) is 3.09. The molecule has 6 heteroatoms. The molecule has 2 unspecified atom stereocenters. The lowest BCUT2D eigenvalue weighted by molar-refractivity contribution is 1.46. The first kappa shape index (κ1) is 26.9. The fourth-order valence-electron chi connectivity index (χ4n) is 5.34. The van der Waals surface area contributed by atoms with Crippen LogP contribution in [0.5, 0.6) is 0 Å².